The van der Waals surface area contributed by atoms with Crippen LogP contribution in [0.5, 0.6) is 0 Å². The summed E-state index contributed by atoms with van der Waals surface area (Å²) >= 11 is 17.3. The Labute approximate surface area is 124 Å². The third kappa shape index (κ3) is 3.38. The van der Waals surface area contributed by atoms with Crippen LogP contribution >= 0.6 is 34.8 Å². The summed E-state index contributed by atoms with van der Waals surface area (Å²) in [6.07, 6.45) is 0. The maximum absolute atomic E-state index is 13.5. The van der Waals surface area contributed by atoms with Crippen LogP contribution in [0, 0.1) is 5.82 Å². The second-order valence-corrected chi connectivity index (χ2v) is 4.96. The molecule has 98 valence electrons. The molecule has 0 fully saturated rings. The average Bonchev–Trinajstić information content (AvgIpc) is 2.37. The highest BCUT2D eigenvalue weighted by molar-refractivity contribution is 6.42. The summed E-state index contributed by atoms with van der Waals surface area (Å²) in [6.45, 7) is 0. The molecule has 2 nitrogen and oxygen atoms in total. The number of anilines is 1. The van der Waals surface area contributed by atoms with E-state index in [1.807, 2.05) is 0 Å². The topological polar surface area (TPSA) is 29.1 Å². The minimum Gasteiger partial charge on any atom is -0.319 e. The van der Waals surface area contributed by atoms with Gasteiger partial charge in [-0.2, -0.15) is 0 Å². The predicted octanol–water partition coefficient (Wildman–Crippen LogP) is 5.04. The molecule has 0 aromatic heterocycles. The van der Waals surface area contributed by atoms with E-state index in [0.717, 1.165) is 0 Å². The first-order valence-corrected chi connectivity index (χ1v) is 6.32. The Bertz CT molecular complexity index is 646. The van der Waals surface area contributed by atoms with Crippen molar-refractivity contribution in [3.63, 3.8) is 0 Å². The number of carbonyl (C=O) groups excluding carboxylic acids is 1. The second kappa shape index (κ2) is 5.78. The Morgan fingerprint density at radius 3 is 2.42 bits per heavy atom. The van der Waals surface area contributed by atoms with Gasteiger partial charge in [-0.15, -0.1) is 0 Å². The molecule has 2 aromatic carbocycles. The van der Waals surface area contributed by atoms with Crippen LogP contribution in [0.4, 0.5) is 10.1 Å². The first-order valence-electron chi connectivity index (χ1n) is 5.19. The van der Waals surface area contributed by atoms with E-state index in [-0.39, 0.29) is 16.3 Å². The molecule has 1 amide bonds. The zero-order chi connectivity index (χ0) is 14.0. The van der Waals surface area contributed by atoms with Crippen molar-refractivity contribution < 1.29 is 9.18 Å². The van der Waals surface area contributed by atoms with Crippen LogP contribution in [0.1, 0.15) is 10.4 Å². The maximum Gasteiger partial charge on any atom is 0.255 e. The van der Waals surface area contributed by atoms with E-state index >= 15 is 0 Å². The summed E-state index contributed by atoms with van der Waals surface area (Å²) in [6, 6.07) is 8.28. The van der Waals surface area contributed by atoms with E-state index in [4.69, 9.17) is 34.8 Å². The van der Waals surface area contributed by atoms with Crippen LogP contribution in [0.2, 0.25) is 15.1 Å². The van der Waals surface area contributed by atoms with Crippen LogP contribution in [0.25, 0.3) is 0 Å². The van der Waals surface area contributed by atoms with Crippen molar-refractivity contribution in [2.24, 2.45) is 0 Å². The summed E-state index contributed by atoms with van der Waals surface area (Å²) in [7, 11) is 0. The standard InChI is InChI=1S/C13H7Cl3FNO/c14-8-2-4-11(17)12(6-8)18-13(19)7-1-3-9(15)10(16)5-7/h1-6H,(H,18,19). The van der Waals surface area contributed by atoms with Gasteiger partial charge in [-0.25, -0.2) is 4.39 Å². The molecule has 0 aliphatic rings. The van der Waals surface area contributed by atoms with E-state index in [2.05, 4.69) is 5.32 Å². The number of hydrogen-bond donors (Lipinski definition) is 1. The number of benzene rings is 2. The van der Waals surface area contributed by atoms with Gasteiger partial charge in [-0.3, -0.25) is 4.79 Å². The van der Waals surface area contributed by atoms with Crippen LogP contribution in [0.3, 0.4) is 0 Å². The molecule has 0 saturated heterocycles. The quantitative estimate of drug-likeness (QED) is 0.826. The number of hydrogen-bond acceptors (Lipinski definition) is 1. The molecule has 1 N–H and O–H groups in total. The molecule has 2 rings (SSSR count). The molecule has 2 aromatic rings. The summed E-state index contributed by atoms with van der Waals surface area (Å²) in [5.41, 5.74) is 0.275. The molecule has 0 saturated carbocycles. The Morgan fingerprint density at radius 2 is 1.74 bits per heavy atom. The Balaban J connectivity index is 2.25. The minimum absolute atomic E-state index is 0.00331. The molecule has 6 heteroatoms. The lowest BCUT2D eigenvalue weighted by molar-refractivity contribution is 0.102. The van der Waals surface area contributed by atoms with Crippen molar-refractivity contribution in [1.29, 1.82) is 0 Å². The Hall–Kier alpha value is -1.29. The molecule has 0 radical (unpaired) electrons. The monoisotopic (exact) mass is 317 g/mol. The van der Waals surface area contributed by atoms with Gasteiger partial charge in [0.2, 0.25) is 0 Å². The van der Waals surface area contributed by atoms with Crippen LogP contribution < -0.4 is 5.32 Å². The van der Waals surface area contributed by atoms with E-state index < -0.39 is 11.7 Å². The summed E-state index contributed by atoms with van der Waals surface area (Å²) in [5, 5.41) is 3.33. The zero-order valence-electron chi connectivity index (χ0n) is 9.38. The van der Waals surface area contributed by atoms with Gasteiger partial charge in [-0.1, -0.05) is 34.8 Å². The Morgan fingerprint density at radius 1 is 1.00 bits per heavy atom. The summed E-state index contributed by atoms with van der Waals surface area (Å²) in [5.74, 6) is -1.07. The number of amides is 1. The van der Waals surface area contributed by atoms with E-state index in [9.17, 15) is 9.18 Å². The normalized spacial score (nSPS) is 10.3. The van der Waals surface area contributed by atoms with Crippen molar-refractivity contribution in [2.75, 3.05) is 5.32 Å². The molecular formula is C13H7Cl3FNO. The third-order valence-electron chi connectivity index (χ3n) is 2.36. The van der Waals surface area contributed by atoms with Gasteiger partial charge in [0.15, 0.2) is 0 Å². The molecule has 0 spiro atoms. The van der Waals surface area contributed by atoms with Crippen LogP contribution in [0.15, 0.2) is 36.4 Å². The fourth-order valence-electron chi connectivity index (χ4n) is 1.43. The van der Waals surface area contributed by atoms with E-state index in [0.29, 0.717) is 10.0 Å². The largest absolute Gasteiger partial charge is 0.319 e. The first kappa shape index (κ1) is 14.1. The molecule has 0 aliphatic carbocycles. The Kier molecular flexibility index (Phi) is 4.30. The van der Waals surface area contributed by atoms with E-state index in [1.165, 1.54) is 36.4 Å². The number of nitrogens with one attached hydrogen (secondary N) is 1. The summed E-state index contributed by atoms with van der Waals surface area (Å²) < 4.78 is 13.5. The molecule has 0 heterocycles. The van der Waals surface area contributed by atoms with Crippen molar-refractivity contribution >= 4 is 46.4 Å². The van der Waals surface area contributed by atoms with E-state index in [1.54, 1.807) is 0 Å². The van der Waals surface area contributed by atoms with Crippen molar-refractivity contribution in [2.45, 2.75) is 0 Å². The molecule has 0 aliphatic heterocycles. The highest BCUT2D eigenvalue weighted by Crippen LogP contribution is 2.24. The average molecular weight is 319 g/mol. The second-order valence-electron chi connectivity index (χ2n) is 3.71. The van der Waals surface area contributed by atoms with Gasteiger partial charge >= 0.3 is 0 Å². The highest BCUT2D eigenvalue weighted by atomic mass is 35.5. The smallest absolute Gasteiger partial charge is 0.255 e. The first-order chi connectivity index (χ1) is 8.97. The number of rotatable bonds is 2. The fourth-order valence-corrected chi connectivity index (χ4v) is 1.90. The van der Waals surface area contributed by atoms with Crippen LogP contribution in [-0.2, 0) is 0 Å². The van der Waals surface area contributed by atoms with Gasteiger partial charge in [0.25, 0.3) is 5.91 Å². The van der Waals surface area contributed by atoms with Crippen LogP contribution in [-0.4, -0.2) is 5.91 Å². The van der Waals surface area contributed by atoms with Gasteiger partial charge in [0, 0.05) is 10.6 Å². The molecule has 0 atom stereocenters. The van der Waals surface area contributed by atoms with Gasteiger partial charge in [-0.05, 0) is 36.4 Å². The fraction of sp³-hybridized carbons (Fsp3) is 0. The third-order valence-corrected chi connectivity index (χ3v) is 3.33. The zero-order valence-corrected chi connectivity index (χ0v) is 11.7. The lowest BCUT2D eigenvalue weighted by atomic mass is 10.2. The van der Waals surface area contributed by atoms with Crippen molar-refractivity contribution in [1.82, 2.24) is 0 Å². The highest BCUT2D eigenvalue weighted by Gasteiger charge is 2.11. The SMILES string of the molecule is O=C(Nc1cc(Cl)ccc1F)c1ccc(Cl)c(Cl)c1. The number of halogens is 4. The predicted molar refractivity (Wildman–Crippen MR) is 75.8 cm³/mol. The van der Waals surface area contributed by atoms with Gasteiger partial charge in [0.1, 0.15) is 5.82 Å². The lowest BCUT2D eigenvalue weighted by Crippen LogP contribution is -2.13. The maximum atomic E-state index is 13.5. The molecular weight excluding hydrogens is 312 g/mol. The minimum atomic E-state index is -0.571. The molecule has 0 bridgehead atoms. The molecule has 19 heavy (non-hydrogen) atoms. The lowest BCUT2D eigenvalue weighted by Gasteiger charge is -2.07. The number of carbonyl (C=O) groups is 1. The molecule has 0 unspecified atom stereocenters. The van der Waals surface area contributed by atoms with Gasteiger partial charge in [0.05, 0.1) is 15.7 Å². The summed E-state index contributed by atoms with van der Waals surface area (Å²) in [4.78, 5) is 11.9. The van der Waals surface area contributed by atoms with Crippen molar-refractivity contribution in [3.8, 4) is 0 Å². The van der Waals surface area contributed by atoms with Crippen molar-refractivity contribution in [3.05, 3.63) is 62.8 Å². The van der Waals surface area contributed by atoms with Gasteiger partial charge < -0.3 is 5.32 Å².